The van der Waals surface area contributed by atoms with Crippen molar-refractivity contribution in [2.45, 2.75) is 13.0 Å². The number of anilines is 1. The highest BCUT2D eigenvalue weighted by molar-refractivity contribution is 5.77. The van der Waals surface area contributed by atoms with Gasteiger partial charge in [-0.15, -0.1) is 0 Å². The van der Waals surface area contributed by atoms with E-state index in [9.17, 15) is 18.8 Å². The van der Waals surface area contributed by atoms with Crippen molar-refractivity contribution >= 4 is 22.8 Å². The number of fused-ring (bicyclic) bond motifs is 1. The first-order chi connectivity index (χ1) is 14.4. The minimum absolute atomic E-state index is 0.00255. The minimum Gasteiger partial charge on any atom is -0.368 e. The number of halogens is 1. The SMILES string of the molecule is Cn1c(=O)c2c(ncn2CCC(=O)N2CCN(c3ccc(F)cc3)CC2)n(C)c1=O. The van der Waals surface area contributed by atoms with Gasteiger partial charge in [0.1, 0.15) is 5.82 Å². The molecule has 1 amide bonds. The van der Waals surface area contributed by atoms with Gasteiger partial charge in [0.15, 0.2) is 11.2 Å². The maximum Gasteiger partial charge on any atom is 0.332 e. The highest BCUT2D eigenvalue weighted by Crippen LogP contribution is 2.17. The monoisotopic (exact) mass is 414 g/mol. The summed E-state index contributed by atoms with van der Waals surface area (Å²) in [7, 11) is 2.99. The fourth-order valence-corrected chi connectivity index (χ4v) is 3.81. The van der Waals surface area contributed by atoms with Gasteiger partial charge in [-0.2, -0.15) is 0 Å². The predicted octanol–water partition coefficient (Wildman–Crippen LogP) is 0.312. The number of rotatable bonds is 4. The van der Waals surface area contributed by atoms with Gasteiger partial charge < -0.3 is 14.4 Å². The number of benzene rings is 1. The van der Waals surface area contributed by atoms with E-state index in [1.807, 2.05) is 0 Å². The topological polar surface area (TPSA) is 85.4 Å². The van der Waals surface area contributed by atoms with Crippen molar-refractivity contribution in [1.82, 2.24) is 23.6 Å². The Kier molecular flexibility index (Phi) is 5.15. The zero-order chi connectivity index (χ0) is 21.4. The van der Waals surface area contributed by atoms with Gasteiger partial charge >= 0.3 is 5.69 Å². The lowest BCUT2D eigenvalue weighted by Gasteiger charge is -2.36. The van der Waals surface area contributed by atoms with Crippen molar-refractivity contribution in [3.63, 3.8) is 0 Å². The maximum atomic E-state index is 13.1. The summed E-state index contributed by atoms with van der Waals surface area (Å²) in [4.78, 5) is 45.3. The first-order valence-electron chi connectivity index (χ1n) is 9.76. The van der Waals surface area contributed by atoms with E-state index in [4.69, 9.17) is 0 Å². The fourth-order valence-electron chi connectivity index (χ4n) is 3.81. The zero-order valence-corrected chi connectivity index (χ0v) is 16.9. The molecule has 1 saturated heterocycles. The van der Waals surface area contributed by atoms with E-state index in [0.717, 1.165) is 10.3 Å². The van der Waals surface area contributed by atoms with Gasteiger partial charge in [0, 0.05) is 58.9 Å². The minimum atomic E-state index is -0.437. The van der Waals surface area contributed by atoms with Crippen molar-refractivity contribution in [3.05, 3.63) is 57.2 Å². The number of piperazine rings is 1. The van der Waals surface area contributed by atoms with E-state index in [1.165, 1.54) is 30.1 Å². The first-order valence-corrected chi connectivity index (χ1v) is 9.76. The summed E-state index contributed by atoms with van der Waals surface area (Å²) in [6.45, 7) is 2.82. The van der Waals surface area contributed by atoms with Crippen LogP contribution in [0.25, 0.3) is 11.2 Å². The molecule has 0 radical (unpaired) electrons. The molecule has 2 aromatic heterocycles. The number of carbonyl (C=O) groups excluding carboxylic acids is 1. The second-order valence-electron chi connectivity index (χ2n) is 7.41. The molecule has 1 aromatic carbocycles. The van der Waals surface area contributed by atoms with Crippen molar-refractivity contribution in [2.24, 2.45) is 14.1 Å². The van der Waals surface area contributed by atoms with Crippen molar-refractivity contribution in [3.8, 4) is 0 Å². The Morgan fingerprint density at radius 1 is 1.03 bits per heavy atom. The molecule has 3 aromatic rings. The van der Waals surface area contributed by atoms with Crippen LogP contribution in [0.2, 0.25) is 0 Å². The molecule has 0 atom stereocenters. The van der Waals surface area contributed by atoms with Crippen LogP contribution in [0, 0.1) is 5.82 Å². The Balaban J connectivity index is 1.41. The molecular formula is C20H23FN6O3. The average Bonchev–Trinajstić information content (AvgIpc) is 3.19. The maximum absolute atomic E-state index is 13.1. The largest absolute Gasteiger partial charge is 0.368 e. The van der Waals surface area contributed by atoms with Gasteiger partial charge in [-0.1, -0.05) is 0 Å². The lowest BCUT2D eigenvalue weighted by Crippen LogP contribution is -2.49. The van der Waals surface area contributed by atoms with Crippen LogP contribution in [-0.4, -0.2) is 55.7 Å². The van der Waals surface area contributed by atoms with E-state index in [2.05, 4.69) is 9.88 Å². The quantitative estimate of drug-likeness (QED) is 0.614. The van der Waals surface area contributed by atoms with Crippen LogP contribution in [0.5, 0.6) is 0 Å². The first kappa shape index (κ1) is 19.9. The van der Waals surface area contributed by atoms with Crippen LogP contribution in [-0.2, 0) is 25.4 Å². The summed E-state index contributed by atoms with van der Waals surface area (Å²) in [5, 5.41) is 0. The summed E-state index contributed by atoms with van der Waals surface area (Å²) < 4.78 is 17.1. The van der Waals surface area contributed by atoms with Gasteiger partial charge in [-0.25, -0.2) is 14.2 Å². The summed E-state index contributed by atoms with van der Waals surface area (Å²) in [5.41, 5.74) is 0.700. The number of aromatic nitrogens is 4. The summed E-state index contributed by atoms with van der Waals surface area (Å²) in [5.74, 6) is -0.272. The van der Waals surface area contributed by atoms with Crippen LogP contribution < -0.4 is 16.1 Å². The van der Waals surface area contributed by atoms with Gasteiger partial charge in [-0.3, -0.25) is 18.7 Å². The van der Waals surface area contributed by atoms with Crippen LogP contribution >= 0.6 is 0 Å². The van der Waals surface area contributed by atoms with Crippen LogP contribution in [0.3, 0.4) is 0 Å². The number of nitrogens with zero attached hydrogens (tertiary/aromatic N) is 6. The van der Waals surface area contributed by atoms with E-state index >= 15 is 0 Å². The van der Waals surface area contributed by atoms with Gasteiger partial charge in [-0.05, 0) is 24.3 Å². The van der Waals surface area contributed by atoms with Gasteiger partial charge in [0.2, 0.25) is 5.91 Å². The third-order valence-electron chi connectivity index (χ3n) is 5.61. The number of aryl methyl sites for hydroxylation is 2. The standard InChI is InChI=1S/C20H23FN6O3/c1-23-18-17(19(29)24(2)20(23)30)27(13-22-18)8-7-16(28)26-11-9-25(10-12-26)15-5-3-14(21)4-6-15/h3-6,13H,7-12H2,1-2H3. The predicted molar refractivity (Wildman–Crippen MR) is 110 cm³/mol. The molecule has 0 unspecified atom stereocenters. The average molecular weight is 414 g/mol. The van der Waals surface area contributed by atoms with E-state index < -0.39 is 11.2 Å². The molecule has 30 heavy (non-hydrogen) atoms. The third-order valence-corrected chi connectivity index (χ3v) is 5.61. The second-order valence-corrected chi connectivity index (χ2v) is 7.41. The molecule has 4 rings (SSSR count). The summed E-state index contributed by atoms with van der Waals surface area (Å²) >= 11 is 0. The molecular weight excluding hydrogens is 391 g/mol. The normalized spacial score (nSPS) is 14.5. The van der Waals surface area contributed by atoms with E-state index in [0.29, 0.717) is 43.9 Å². The fraction of sp³-hybridized carbons (Fsp3) is 0.400. The lowest BCUT2D eigenvalue weighted by atomic mass is 10.2. The molecule has 158 valence electrons. The van der Waals surface area contributed by atoms with Crippen LogP contribution in [0.4, 0.5) is 10.1 Å². The zero-order valence-electron chi connectivity index (χ0n) is 16.9. The molecule has 0 N–H and O–H groups in total. The lowest BCUT2D eigenvalue weighted by molar-refractivity contribution is -0.131. The Hall–Kier alpha value is -3.43. The number of carbonyl (C=O) groups is 1. The Bertz CT molecular complexity index is 1200. The summed E-state index contributed by atoms with van der Waals surface area (Å²) in [6, 6.07) is 6.35. The molecule has 1 aliphatic heterocycles. The molecule has 0 saturated carbocycles. The molecule has 10 heteroatoms. The van der Waals surface area contributed by atoms with E-state index in [-0.39, 0.29) is 18.1 Å². The molecule has 1 aliphatic rings. The van der Waals surface area contributed by atoms with E-state index in [1.54, 1.807) is 28.6 Å². The molecule has 1 fully saturated rings. The van der Waals surface area contributed by atoms with Crippen LogP contribution in [0.15, 0.2) is 40.2 Å². The number of imidazole rings is 1. The molecule has 9 nitrogen and oxygen atoms in total. The molecule has 0 aliphatic carbocycles. The van der Waals surface area contributed by atoms with Crippen molar-refractivity contribution in [1.29, 1.82) is 0 Å². The highest BCUT2D eigenvalue weighted by Gasteiger charge is 2.22. The van der Waals surface area contributed by atoms with Crippen molar-refractivity contribution in [2.75, 3.05) is 31.1 Å². The third kappa shape index (κ3) is 3.49. The second kappa shape index (κ2) is 7.77. The smallest absolute Gasteiger partial charge is 0.332 e. The summed E-state index contributed by atoms with van der Waals surface area (Å²) in [6.07, 6.45) is 1.72. The molecule has 0 spiro atoms. The Labute approximate surface area is 171 Å². The van der Waals surface area contributed by atoms with Crippen molar-refractivity contribution < 1.29 is 9.18 Å². The number of amides is 1. The Morgan fingerprint density at radius 2 is 1.70 bits per heavy atom. The number of hydrogen-bond donors (Lipinski definition) is 0. The molecule has 3 heterocycles. The van der Waals surface area contributed by atoms with Gasteiger partial charge in [0.25, 0.3) is 5.56 Å². The van der Waals surface area contributed by atoms with Gasteiger partial charge in [0.05, 0.1) is 6.33 Å². The number of hydrogen-bond acceptors (Lipinski definition) is 5. The van der Waals surface area contributed by atoms with Crippen LogP contribution in [0.1, 0.15) is 6.42 Å². The molecule has 0 bridgehead atoms. The highest BCUT2D eigenvalue weighted by atomic mass is 19.1. The Morgan fingerprint density at radius 3 is 2.37 bits per heavy atom.